The van der Waals surface area contributed by atoms with Crippen molar-refractivity contribution in [1.82, 2.24) is 0 Å². The second-order valence-electron chi connectivity index (χ2n) is 3.23. The number of ether oxygens (including phenoxy) is 2. The number of epoxide rings is 1. The Labute approximate surface area is 104 Å². The van der Waals surface area contributed by atoms with Crippen LogP contribution in [-0.2, 0) is 9.53 Å². The van der Waals surface area contributed by atoms with E-state index in [1.807, 2.05) is 12.1 Å². The molecule has 0 saturated carbocycles. The van der Waals surface area contributed by atoms with Gasteiger partial charge in [-0.25, -0.2) is 0 Å². The minimum Gasteiger partial charge on any atom is -0.424 e. The highest BCUT2D eigenvalue weighted by Gasteiger charge is 2.26. The number of hydrogen-bond donors (Lipinski definition) is 0. The Morgan fingerprint density at radius 1 is 1.47 bits per heavy atom. The first-order valence-corrected chi connectivity index (χ1v) is 5.95. The van der Waals surface area contributed by atoms with Crippen LogP contribution in [0.1, 0.15) is 18.6 Å². The summed E-state index contributed by atoms with van der Waals surface area (Å²) < 4.78 is 11.7. The van der Waals surface area contributed by atoms with Crippen molar-refractivity contribution in [2.24, 2.45) is 0 Å². The molecule has 1 fully saturated rings. The summed E-state index contributed by atoms with van der Waals surface area (Å²) in [7, 11) is 0. The van der Waals surface area contributed by atoms with Gasteiger partial charge in [-0.05, 0) is 49.6 Å². The zero-order chi connectivity index (χ0) is 11.0. The first-order chi connectivity index (χ1) is 7.08. The maximum absolute atomic E-state index is 10.9. The maximum atomic E-state index is 10.9. The van der Waals surface area contributed by atoms with Crippen LogP contribution in [0.15, 0.2) is 21.1 Å². The minimum absolute atomic E-state index is 0.184. The van der Waals surface area contributed by atoms with Crippen LogP contribution in [0.5, 0.6) is 5.75 Å². The van der Waals surface area contributed by atoms with Crippen molar-refractivity contribution < 1.29 is 14.3 Å². The molecule has 1 aromatic carbocycles. The molecule has 1 atom stereocenters. The second kappa shape index (κ2) is 4.23. The zero-order valence-electron chi connectivity index (χ0n) is 7.92. The lowest BCUT2D eigenvalue weighted by Gasteiger charge is -2.08. The third kappa shape index (κ3) is 2.59. The predicted molar refractivity (Wildman–Crippen MR) is 61.8 cm³/mol. The van der Waals surface area contributed by atoms with Crippen LogP contribution >= 0.6 is 31.9 Å². The molecule has 3 nitrogen and oxygen atoms in total. The van der Waals surface area contributed by atoms with E-state index in [1.54, 1.807) is 0 Å². The van der Waals surface area contributed by atoms with Gasteiger partial charge in [0.1, 0.15) is 6.10 Å². The molecule has 0 aromatic heterocycles. The Morgan fingerprint density at radius 3 is 2.40 bits per heavy atom. The molecule has 1 unspecified atom stereocenters. The lowest BCUT2D eigenvalue weighted by Crippen LogP contribution is -2.03. The topological polar surface area (TPSA) is 38.8 Å². The highest BCUT2D eigenvalue weighted by Crippen LogP contribution is 2.40. The Kier molecular flexibility index (Phi) is 3.13. The Hall–Kier alpha value is -0.390. The highest BCUT2D eigenvalue weighted by atomic mass is 79.9. The van der Waals surface area contributed by atoms with E-state index in [0.717, 1.165) is 21.1 Å². The van der Waals surface area contributed by atoms with Crippen LogP contribution < -0.4 is 4.74 Å². The van der Waals surface area contributed by atoms with Gasteiger partial charge in [0.05, 0.1) is 15.6 Å². The van der Waals surface area contributed by atoms with Crippen molar-refractivity contribution in [3.8, 4) is 5.75 Å². The normalized spacial score (nSPS) is 18.7. The van der Waals surface area contributed by atoms with Gasteiger partial charge in [-0.1, -0.05) is 0 Å². The van der Waals surface area contributed by atoms with Gasteiger partial charge in [0.15, 0.2) is 5.75 Å². The molecule has 0 N–H and O–H groups in total. The summed E-state index contributed by atoms with van der Waals surface area (Å²) in [5, 5.41) is 0. The molecule has 0 bridgehead atoms. The average Bonchev–Trinajstić information content (AvgIpc) is 2.93. The van der Waals surface area contributed by atoms with Gasteiger partial charge in [-0.3, -0.25) is 4.79 Å². The molecule has 0 radical (unpaired) electrons. The van der Waals surface area contributed by atoms with Crippen LogP contribution in [0, 0.1) is 0 Å². The quantitative estimate of drug-likeness (QED) is 0.473. The van der Waals surface area contributed by atoms with Gasteiger partial charge in [0.2, 0.25) is 0 Å². The number of esters is 1. The summed E-state index contributed by atoms with van der Waals surface area (Å²) in [6, 6.07) is 3.81. The van der Waals surface area contributed by atoms with Crippen LogP contribution in [-0.4, -0.2) is 12.6 Å². The number of hydrogen-bond acceptors (Lipinski definition) is 3. The average molecular weight is 336 g/mol. The lowest BCUT2D eigenvalue weighted by molar-refractivity contribution is -0.131. The molecule has 2 rings (SSSR count). The van der Waals surface area contributed by atoms with Gasteiger partial charge in [-0.2, -0.15) is 0 Å². The van der Waals surface area contributed by atoms with Crippen LogP contribution in [0.2, 0.25) is 0 Å². The molecule has 1 aliphatic rings. The Balaban J connectivity index is 2.34. The second-order valence-corrected chi connectivity index (χ2v) is 4.94. The molecule has 0 aliphatic carbocycles. The number of halogens is 2. The van der Waals surface area contributed by atoms with E-state index in [-0.39, 0.29) is 12.1 Å². The number of carbonyl (C=O) groups is 1. The largest absolute Gasteiger partial charge is 0.424 e. The van der Waals surface area contributed by atoms with Crippen molar-refractivity contribution in [3.05, 3.63) is 26.6 Å². The smallest absolute Gasteiger partial charge is 0.308 e. The Bertz CT molecular complexity index is 390. The minimum atomic E-state index is -0.341. The summed E-state index contributed by atoms with van der Waals surface area (Å²) in [5.41, 5.74) is 1.07. The molecule has 0 spiro atoms. The molecular formula is C10H8Br2O3. The molecule has 1 aromatic rings. The first-order valence-electron chi connectivity index (χ1n) is 4.37. The van der Waals surface area contributed by atoms with E-state index in [0.29, 0.717) is 5.75 Å². The monoisotopic (exact) mass is 334 g/mol. The van der Waals surface area contributed by atoms with Crippen molar-refractivity contribution >= 4 is 37.8 Å². The summed E-state index contributed by atoms with van der Waals surface area (Å²) in [6.07, 6.45) is 0.184. The van der Waals surface area contributed by atoms with Crippen molar-refractivity contribution in [1.29, 1.82) is 0 Å². The summed E-state index contributed by atoms with van der Waals surface area (Å²) in [6.45, 7) is 2.13. The van der Waals surface area contributed by atoms with Crippen LogP contribution in [0.4, 0.5) is 0 Å². The van der Waals surface area contributed by atoms with Gasteiger partial charge in [0.25, 0.3) is 0 Å². The van der Waals surface area contributed by atoms with Gasteiger partial charge in [0, 0.05) is 6.92 Å². The zero-order valence-corrected chi connectivity index (χ0v) is 11.1. The summed E-state index contributed by atoms with van der Waals surface area (Å²) >= 11 is 6.72. The molecule has 15 heavy (non-hydrogen) atoms. The summed E-state index contributed by atoms with van der Waals surface area (Å²) in [4.78, 5) is 10.9. The van der Waals surface area contributed by atoms with Gasteiger partial charge < -0.3 is 9.47 Å². The lowest BCUT2D eigenvalue weighted by atomic mass is 10.1. The van der Waals surface area contributed by atoms with Crippen LogP contribution in [0.3, 0.4) is 0 Å². The SMILES string of the molecule is CC(=O)Oc1c(Br)cc(C2CO2)cc1Br. The van der Waals surface area contributed by atoms with E-state index >= 15 is 0 Å². The van der Waals surface area contributed by atoms with E-state index < -0.39 is 0 Å². The van der Waals surface area contributed by atoms with E-state index in [9.17, 15) is 4.79 Å². The third-order valence-electron chi connectivity index (χ3n) is 1.97. The fourth-order valence-corrected chi connectivity index (χ4v) is 2.63. The fraction of sp³-hybridized carbons (Fsp3) is 0.300. The van der Waals surface area contributed by atoms with E-state index in [4.69, 9.17) is 9.47 Å². The first kappa shape index (κ1) is 11.1. The third-order valence-corrected chi connectivity index (χ3v) is 3.15. The Morgan fingerprint density at radius 2 is 2.00 bits per heavy atom. The maximum Gasteiger partial charge on any atom is 0.308 e. The van der Waals surface area contributed by atoms with Crippen molar-refractivity contribution in [2.45, 2.75) is 13.0 Å². The van der Waals surface area contributed by atoms with E-state index in [2.05, 4.69) is 31.9 Å². The fourth-order valence-electron chi connectivity index (χ4n) is 1.25. The molecule has 1 saturated heterocycles. The molecule has 0 amide bonds. The number of rotatable bonds is 2. The van der Waals surface area contributed by atoms with Gasteiger partial charge >= 0.3 is 5.97 Å². The number of carbonyl (C=O) groups excluding carboxylic acids is 1. The van der Waals surface area contributed by atoms with Crippen molar-refractivity contribution in [2.75, 3.05) is 6.61 Å². The molecule has 1 aliphatic heterocycles. The van der Waals surface area contributed by atoms with E-state index in [1.165, 1.54) is 6.92 Å². The van der Waals surface area contributed by atoms with Crippen LogP contribution in [0.25, 0.3) is 0 Å². The van der Waals surface area contributed by atoms with Crippen molar-refractivity contribution in [3.63, 3.8) is 0 Å². The predicted octanol–water partition coefficient (Wildman–Crippen LogP) is 3.21. The molecule has 1 heterocycles. The molecular weight excluding hydrogens is 328 g/mol. The standard InChI is InChI=1S/C10H8Br2O3/c1-5(13)15-10-7(11)2-6(3-8(10)12)9-4-14-9/h2-3,9H,4H2,1H3. The molecule has 5 heteroatoms. The summed E-state index contributed by atoms with van der Waals surface area (Å²) in [5.74, 6) is 0.165. The molecule has 80 valence electrons. The van der Waals surface area contributed by atoms with Gasteiger partial charge in [-0.15, -0.1) is 0 Å². The highest BCUT2D eigenvalue weighted by molar-refractivity contribution is 9.11. The number of benzene rings is 1.